The standard InChI is InChI=1S/C21H30N2O2S/c1-23(14-18-4-3-7-26-18)19(24)5-2-6-22-20(25)21-11-15-8-16(12-21)10-17(9-15)13-21/h3-4,7,15-17H,2,5-6,8-14H2,1H3,(H,22,25). The van der Waals surface area contributed by atoms with Crippen molar-refractivity contribution in [2.24, 2.45) is 23.2 Å². The molecule has 0 atom stereocenters. The van der Waals surface area contributed by atoms with E-state index in [4.69, 9.17) is 0 Å². The molecule has 4 fully saturated rings. The Bertz CT molecular complexity index is 620. The van der Waals surface area contributed by atoms with Gasteiger partial charge in [0.1, 0.15) is 0 Å². The van der Waals surface area contributed by atoms with Gasteiger partial charge >= 0.3 is 0 Å². The van der Waals surface area contributed by atoms with Crippen LogP contribution in [-0.2, 0) is 16.1 Å². The summed E-state index contributed by atoms with van der Waals surface area (Å²) < 4.78 is 0. The number of hydrogen-bond donors (Lipinski definition) is 1. The first-order chi connectivity index (χ1) is 12.5. The number of hydrogen-bond acceptors (Lipinski definition) is 3. The predicted octanol–water partition coefficient (Wildman–Crippen LogP) is 3.82. The molecule has 1 N–H and O–H groups in total. The maximum absolute atomic E-state index is 12.9. The molecule has 0 aliphatic heterocycles. The van der Waals surface area contributed by atoms with Crippen molar-refractivity contribution in [1.29, 1.82) is 0 Å². The third kappa shape index (κ3) is 3.68. The van der Waals surface area contributed by atoms with Gasteiger partial charge in [-0.1, -0.05) is 6.07 Å². The lowest BCUT2D eigenvalue weighted by atomic mass is 9.49. The molecule has 142 valence electrons. The molecule has 2 amide bonds. The van der Waals surface area contributed by atoms with Crippen LogP contribution in [0, 0.1) is 23.2 Å². The molecule has 1 aromatic rings. The fourth-order valence-corrected chi connectivity index (χ4v) is 6.69. The van der Waals surface area contributed by atoms with Crippen LogP contribution >= 0.6 is 11.3 Å². The Hall–Kier alpha value is -1.36. The molecule has 5 heteroatoms. The highest BCUT2D eigenvalue weighted by atomic mass is 32.1. The van der Waals surface area contributed by atoms with Crippen molar-refractivity contribution in [3.63, 3.8) is 0 Å². The van der Waals surface area contributed by atoms with Crippen LogP contribution in [0.2, 0.25) is 0 Å². The number of amides is 2. The van der Waals surface area contributed by atoms with Crippen molar-refractivity contribution >= 4 is 23.2 Å². The molecule has 0 spiro atoms. The van der Waals surface area contributed by atoms with Gasteiger partial charge in [0.05, 0.1) is 6.54 Å². The maximum atomic E-state index is 12.9. The van der Waals surface area contributed by atoms with Gasteiger partial charge in [-0.05, 0) is 74.1 Å². The minimum atomic E-state index is -0.0747. The molecule has 4 saturated carbocycles. The van der Waals surface area contributed by atoms with Crippen LogP contribution in [-0.4, -0.2) is 30.3 Å². The molecule has 1 heterocycles. The summed E-state index contributed by atoms with van der Waals surface area (Å²) >= 11 is 1.68. The highest BCUT2D eigenvalue weighted by Gasteiger charge is 2.54. The van der Waals surface area contributed by atoms with Gasteiger partial charge in [-0.2, -0.15) is 0 Å². The van der Waals surface area contributed by atoms with Crippen LogP contribution in [0.1, 0.15) is 56.2 Å². The molecule has 0 saturated heterocycles. The zero-order valence-corrected chi connectivity index (χ0v) is 16.5. The van der Waals surface area contributed by atoms with E-state index in [2.05, 4.69) is 11.4 Å². The molecular weight excluding hydrogens is 344 g/mol. The lowest BCUT2D eigenvalue weighted by molar-refractivity contribution is -0.146. The van der Waals surface area contributed by atoms with Crippen molar-refractivity contribution in [2.45, 2.75) is 57.9 Å². The van der Waals surface area contributed by atoms with Gasteiger partial charge in [-0.15, -0.1) is 11.3 Å². The first-order valence-corrected chi connectivity index (χ1v) is 11.0. The lowest BCUT2D eigenvalue weighted by Gasteiger charge is -2.55. The van der Waals surface area contributed by atoms with Crippen molar-refractivity contribution in [3.8, 4) is 0 Å². The summed E-state index contributed by atoms with van der Waals surface area (Å²) in [7, 11) is 1.86. The minimum Gasteiger partial charge on any atom is -0.356 e. The molecular formula is C21H30N2O2S. The van der Waals surface area contributed by atoms with Crippen molar-refractivity contribution in [1.82, 2.24) is 10.2 Å². The first kappa shape index (κ1) is 18.0. The Kier molecular flexibility index (Phi) is 5.09. The largest absolute Gasteiger partial charge is 0.356 e. The Morgan fingerprint density at radius 2 is 1.85 bits per heavy atom. The molecule has 1 aromatic heterocycles. The summed E-state index contributed by atoms with van der Waals surface area (Å²) in [6.07, 6.45) is 8.62. The Balaban J connectivity index is 1.20. The van der Waals surface area contributed by atoms with Gasteiger partial charge in [-0.25, -0.2) is 0 Å². The average molecular weight is 375 g/mol. The highest BCUT2D eigenvalue weighted by Crippen LogP contribution is 2.60. The van der Waals surface area contributed by atoms with E-state index < -0.39 is 0 Å². The monoisotopic (exact) mass is 374 g/mol. The number of carbonyl (C=O) groups excluding carboxylic acids is 2. The number of nitrogens with one attached hydrogen (secondary N) is 1. The molecule has 4 bridgehead atoms. The van der Waals surface area contributed by atoms with Gasteiger partial charge in [0.25, 0.3) is 0 Å². The van der Waals surface area contributed by atoms with E-state index in [1.807, 2.05) is 18.5 Å². The second kappa shape index (κ2) is 7.34. The summed E-state index contributed by atoms with van der Waals surface area (Å²) in [5, 5.41) is 5.21. The van der Waals surface area contributed by atoms with Crippen LogP contribution in [0.15, 0.2) is 17.5 Å². The smallest absolute Gasteiger partial charge is 0.226 e. The summed E-state index contributed by atoms with van der Waals surface area (Å²) in [5.41, 5.74) is -0.0747. The number of carbonyl (C=O) groups is 2. The fraction of sp³-hybridized carbons (Fsp3) is 0.714. The molecule has 0 radical (unpaired) electrons. The number of thiophene rings is 1. The Morgan fingerprint density at radius 1 is 1.19 bits per heavy atom. The summed E-state index contributed by atoms with van der Waals surface area (Å²) in [6, 6.07) is 4.07. The van der Waals surface area contributed by atoms with Crippen LogP contribution in [0.25, 0.3) is 0 Å². The van der Waals surface area contributed by atoms with Crippen molar-refractivity contribution in [3.05, 3.63) is 22.4 Å². The summed E-state index contributed by atoms with van der Waals surface area (Å²) in [6.45, 7) is 1.30. The SMILES string of the molecule is CN(Cc1cccs1)C(=O)CCCNC(=O)C12CC3CC(CC(C3)C1)C2. The van der Waals surface area contributed by atoms with Crippen LogP contribution in [0.3, 0.4) is 0 Å². The van der Waals surface area contributed by atoms with E-state index in [9.17, 15) is 9.59 Å². The van der Waals surface area contributed by atoms with Gasteiger partial charge in [0.2, 0.25) is 11.8 Å². The van der Waals surface area contributed by atoms with E-state index in [-0.39, 0.29) is 17.2 Å². The topological polar surface area (TPSA) is 49.4 Å². The van der Waals surface area contributed by atoms with Gasteiger partial charge in [0, 0.05) is 30.3 Å². The zero-order valence-electron chi connectivity index (χ0n) is 15.7. The Morgan fingerprint density at radius 3 is 2.42 bits per heavy atom. The van der Waals surface area contributed by atoms with Crippen molar-refractivity contribution in [2.75, 3.05) is 13.6 Å². The third-order valence-electron chi connectivity index (χ3n) is 6.77. The maximum Gasteiger partial charge on any atom is 0.226 e. The van der Waals surface area contributed by atoms with Gasteiger partial charge in [0.15, 0.2) is 0 Å². The van der Waals surface area contributed by atoms with E-state index in [0.717, 1.165) is 43.4 Å². The number of nitrogens with zero attached hydrogens (tertiary/aromatic N) is 1. The molecule has 4 aliphatic carbocycles. The summed E-state index contributed by atoms with van der Waals surface area (Å²) in [4.78, 5) is 28.1. The zero-order chi connectivity index (χ0) is 18.1. The molecule has 0 unspecified atom stereocenters. The Labute approximate surface area is 160 Å². The third-order valence-corrected chi connectivity index (χ3v) is 7.63. The van der Waals surface area contributed by atoms with Gasteiger partial charge in [-0.3, -0.25) is 9.59 Å². The molecule has 5 rings (SSSR count). The van der Waals surface area contributed by atoms with Crippen LogP contribution < -0.4 is 5.32 Å². The predicted molar refractivity (Wildman–Crippen MR) is 104 cm³/mol. The molecule has 4 nitrogen and oxygen atoms in total. The van der Waals surface area contributed by atoms with Gasteiger partial charge < -0.3 is 10.2 Å². The van der Waals surface area contributed by atoms with Crippen LogP contribution in [0.5, 0.6) is 0 Å². The second-order valence-electron chi connectivity index (χ2n) is 8.89. The molecule has 0 aromatic carbocycles. The first-order valence-electron chi connectivity index (χ1n) is 10.1. The molecule has 26 heavy (non-hydrogen) atoms. The quantitative estimate of drug-likeness (QED) is 0.738. The summed E-state index contributed by atoms with van der Waals surface area (Å²) in [5.74, 6) is 2.80. The minimum absolute atomic E-state index is 0.0747. The highest BCUT2D eigenvalue weighted by molar-refractivity contribution is 7.09. The lowest BCUT2D eigenvalue weighted by Crippen LogP contribution is -2.53. The van der Waals surface area contributed by atoms with Crippen LogP contribution in [0.4, 0.5) is 0 Å². The van der Waals surface area contributed by atoms with E-state index in [0.29, 0.717) is 19.5 Å². The van der Waals surface area contributed by atoms with Crippen molar-refractivity contribution < 1.29 is 9.59 Å². The fourth-order valence-electron chi connectivity index (χ4n) is 5.93. The van der Waals surface area contributed by atoms with E-state index >= 15 is 0 Å². The second-order valence-corrected chi connectivity index (χ2v) is 9.92. The normalized spacial score (nSPS) is 31.8. The van der Waals surface area contributed by atoms with E-state index in [1.165, 1.54) is 24.1 Å². The number of rotatable bonds is 7. The van der Waals surface area contributed by atoms with E-state index in [1.54, 1.807) is 16.2 Å². The molecule has 4 aliphatic rings. The average Bonchev–Trinajstić information content (AvgIpc) is 3.10.